The Balaban J connectivity index is 2.33. The molecular weight excluding hydrogens is 371 g/mol. The minimum Gasteiger partial charge on any atom is -0.508 e. The number of aromatic hydroxyl groups is 3. The van der Waals surface area contributed by atoms with Gasteiger partial charge in [-0.2, -0.15) is 0 Å². The molecule has 0 spiro atoms. The van der Waals surface area contributed by atoms with Crippen LogP contribution in [0.3, 0.4) is 0 Å². The highest BCUT2D eigenvalue weighted by Gasteiger charge is 2.34. The van der Waals surface area contributed by atoms with Crippen molar-refractivity contribution in [2.24, 2.45) is 0 Å². The molecule has 8 nitrogen and oxygen atoms in total. The highest BCUT2D eigenvalue weighted by Crippen LogP contribution is 2.58. The van der Waals surface area contributed by atoms with Crippen molar-refractivity contribution in [3.63, 3.8) is 0 Å². The van der Waals surface area contributed by atoms with Crippen LogP contribution < -0.4 is 0 Å². The third kappa shape index (κ3) is 5.37. The predicted octanol–water partition coefficient (Wildman–Crippen LogP) is 1.76. The predicted molar refractivity (Wildman–Crippen MR) is 90.2 cm³/mol. The molecule has 0 aromatic heterocycles. The minimum atomic E-state index is -4.66. The Labute approximate surface area is 146 Å². The van der Waals surface area contributed by atoms with Crippen LogP contribution in [0.25, 0.3) is 0 Å². The first-order valence-electron chi connectivity index (χ1n) is 7.02. The highest BCUT2D eigenvalue weighted by atomic mass is 32.7. The number of hydrogen-bond donors (Lipinski definition) is 7. The van der Waals surface area contributed by atoms with Crippen molar-refractivity contribution in [2.45, 2.75) is 23.5 Å². The molecule has 0 saturated carbocycles. The fraction of sp³-hybridized carbons (Fsp3) is 0.200. The van der Waals surface area contributed by atoms with Crippen LogP contribution in [0.4, 0.5) is 0 Å². The lowest BCUT2D eigenvalue weighted by Crippen LogP contribution is -2.26. The van der Waals surface area contributed by atoms with Crippen LogP contribution in [0.2, 0.25) is 0 Å². The summed E-state index contributed by atoms with van der Waals surface area (Å²) in [5, 5.41) is 49.4. The number of hydrogen-bond acceptors (Lipinski definition) is 7. The molecule has 0 bridgehead atoms. The first-order valence-corrected chi connectivity index (χ1v) is 10.1. The summed E-state index contributed by atoms with van der Waals surface area (Å²) in [6.07, 6.45) is -0.154. The summed E-state index contributed by atoms with van der Waals surface area (Å²) in [6.45, 7) is -4.66. The average Bonchev–Trinajstić information content (AvgIpc) is 2.43. The summed E-state index contributed by atoms with van der Waals surface area (Å²) < 4.78 is 11.2. The van der Waals surface area contributed by atoms with E-state index in [1.807, 2.05) is 0 Å². The third-order valence-corrected chi connectivity index (χ3v) is 5.44. The Morgan fingerprint density at radius 1 is 0.960 bits per heavy atom. The summed E-state index contributed by atoms with van der Waals surface area (Å²) in [7, 11) is 0. The molecule has 2 rings (SSSR count). The van der Waals surface area contributed by atoms with Crippen molar-refractivity contribution in [3.05, 3.63) is 47.5 Å². The molecule has 0 unspecified atom stereocenters. The fourth-order valence-electron chi connectivity index (χ4n) is 2.30. The molecule has 10 heteroatoms. The number of phenols is 3. The SMILES string of the molecule is O=P(O)(O)Sc1cc(O)cc(O)c1C(O)(O)CCc1ccc(O)cc1. The lowest BCUT2D eigenvalue weighted by molar-refractivity contribution is -0.176. The van der Waals surface area contributed by atoms with E-state index in [1.54, 1.807) is 12.1 Å². The van der Waals surface area contributed by atoms with Crippen molar-refractivity contribution < 1.29 is 39.9 Å². The summed E-state index contributed by atoms with van der Waals surface area (Å²) >= 11 is -0.000195. The van der Waals surface area contributed by atoms with E-state index in [0.29, 0.717) is 5.56 Å². The van der Waals surface area contributed by atoms with Crippen molar-refractivity contribution in [1.29, 1.82) is 0 Å². The molecule has 0 radical (unpaired) electrons. The van der Waals surface area contributed by atoms with Crippen molar-refractivity contribution in [2.75, 3.05) is 0 Å². The number of aliphatic hydroxyl groups is 2. The van der Waals surface area contributed by atoms with Gasteiger partial charge in [-0.3, -0.25) is 0 Å². The highest BCUT2D eigenvalue weighted by molar-refractivity contribution is 8.54. The van der Waals surface area contributed by atoms with Crippen LogP contribution in [-0.4, -0.2) is 35.3 Å². The van der Waals surface area contributed by atoms with Gasteiger partial charge in [-0.15, -0.1) is 0 Å². The van der Waals surface area contributed by atoms with Crippen molar-refractivity contribution in [3.8, 4) is 17.2 Å². The summed E-state index contributed by atoms with van der Waals surface area (Å²) in [4.78, 5) is 17.9. The normalized spacial score (nSPS) is 12.3. The van der Waals surface area contributed by atoms with Crippen LogP contribution in [0.1, 0.15) is 17.5 Å². The van der Waals surface area contributed by atoms with Gasteiger partial charge in [0.2, 0.25) is 0 Å². The Kier molecular flexibility index (Phi) is 5.68. The van der Waals surface area contributed by atoms with Gasteiger partial charge >= 0.3 is 6.80 Å². The van der Waals surface area contributed by atoms with Crippen molar-refractivity contribution in [1.82, 2.24) is 0 Å². The van der Waals surface area contributed by atoms with Crippen LogP contribution in [0.5, 0.6) is 17.2 Å². The molecule has 0 amide bonds. The molecule has 0 aliphatic heterocycles. The zero-order valence-corrected chi connectivity index (χ0v) is 14.5. The van der Waals surface area contributed by atoms with E-state index in [-0.39, 0.29) is 34.9 Å². The number of aryl methyl sites for hydroxylation is 1. The number of rotatable bonds is 6. The maximum atomic E-state index is 11.2. The molecule has 0 atom stereocenters. The van der Waals surface area contributed by atoms with Gasteiger partial charge in [0.15, 0.2) is 5.79 Å². The number of phenolic OH excluding ortho intramolecular Hbond substituents is 3. The van der Waals surface area contributed by atoms with E-state index in [2.05, 4.69) is 0 Å². The maximum absolute atomic E-state index is 11.2. The first-order chi connectivity index (χ1) is 11.5. The van der Waals surface area contributed by atoms with Gasteiger partial charge in [-0.25, -0.2) is 4.57 Å². The lowest BCUT2D eigenvalue weighted by Gasteiger charge is -2.26. The number of benzene rings is 2. The Morgan fingerprint density at radius 2 is 1.56 bits per heavy atom. The van der Waals surface area contributed by atoms with Gasteiger partial charge in [0.1, 0.15) is 17.2 Å². The quantitative estimate of drug-likeness (QED) is 0.289. The molecule has 7 N–H and O–H groups in total. The molecule has 0 aliphatic rings. The van der Waals surface area contributed by atoms with Gasteiger partial charge in [0.05, 0.1) is 5.56 Å². The summed E-state index contributed by atoms with van der Waals surface area (Å²) in [6, 6.07) is 7.79. The fourth-order valence-corrected chi connectivity index (χ4v) is 4.29. The molecule has 2 aromatic rings. The Hall–Kier alpha value is -1.74. The molecular formula is C15H17O8PS. The minimum absolute atomic E-state index is 0.000195. The zero-order chi connectivity index (χ0) is 18.8. The van der Waals surface area contributed by atoms with E-state index < -0.39 is 29.6 Å². The summed E-state index contributed by atoms with van der Waals surface area (Å²) in [5.41, 5.74) is 0.171. The molecule has 0 heterocycles. The van der Waals surface area contributed by atoms with Crippen LogP contribution in [0, 0.1) is 0 Å². The largest absolute Gasteiger partial charge is 0.508 e. The molecule has 0 saturated heterocycles. The van der Waals surface area contributed by atoms with Crippen LogP contribution in [0.15, 0.2) is 41.3 Å². The molecule has 0 fully saturated rings. The molecule has 2 aromatic carbocycles. The van der Waals surface area contributed by atoms with E-state index in [1.165, 1.54) is 12.1 Å². The van der Waals surface area contributed by atoms with Gasteiger partial charge in [-0.05, 0) is 41.6 Å². The van der Waals surface area contributed by atoms with E-state index >= 15 is 0 Å². The van der Waals surface area contributed by atoms with Gasteiger partial charge in [0, 0.05) is 17.4 Å². The standard InChI is InChI=1S/C15H17O8PS/c16-10-3-1-9(2-4-10)5-6-15(19,20)14-12(18)7-11(17)8-13(14)25-24(21,22)23/h1-4,7-8,16-20H,5-6H2,(H2,21,22,23). The topological polar surface area (TPSA) is 159 Å². The van der Waals surface area contributed by atoms with E-state index in [9.17, 15) is 30.1 Å². The molecule has 0 aliphatic carbocycles. The summed E-state index contributed by atoms with van der Waals surface area (Å²) in [5.74, 6) is -3.73. The second-order valence-corrected chi connectivity index (χ2v) is 8.98. The Bertz CT molecular complexity index is 800. The monoisotopic (exact) mass is 388 g/mol. The van der Waals surface area contributed by atoms with Gasteiger partial charge < -0.3 is 35.3 Å². The van der Waals surface area contributed by atoms with Crippen LogP contribution in [-0.2, 0) is 16.8 Å². The first kappa shape index (κ1) is 19.6. The van der Waals surface area contributed by atoms with Crippen molar-refractivity contribution >= 4 is 18.2 Å². The van der Waals surface area contributed by atoms with Gasteiger partial charge in [-0.1, -0.05) is 12.1 Å². The Morgan fingerprint density at radius 3 is 2.12 bits per heavy atom. The third-order valence-electron chi connectivity index (χ3n) is 3.38. The molecule has 25 heavy (non-hydrogen) atoms. The van der Waals surface area contributed by atoms with Crippen LogP contribution >= 0.6 is 18.2 Å². The lowest BCUT2D eigenvalue weighted by atomic mass is 9.97. The molecule has 136 valence electrons. The maximum Gasteiger partial charge on any atom is 0.388 e. The van der Waals surface area contributed by atoms with E-state index in [4.69, 9.17) is 9.79 Å². The zero-order valence-electron chi connectivity index (χ0n) is 12.8. The van der Waals surface area contributed by atoms with Gasteiger partial charge in [0.25, 0.3) is 0 Å². The second-order valence-electron chi connectivity index (χ2n) is 5.40. The smallest absolute Gasteiger partial charge is 0.388 e. The second kappa shape index (κ2) is 7.25. The van der Waals surface area contributed by atoms with E-state index in [0.717, 1.165) is 12.1 Å². The average molecular weight is 388 g/mol.